The number of aromatic nitrogens is 1. The number of hydrogen-bond donors (Lipinski definition) is 1. The van der Waals surface area contributed by atoms with E-state index in [1.807, 2.05) is 17.9 Å². The third kappa shape index (κ3) is 2.42. The number of fused-ring (bicyclic) bond motifs is 1. The van der Waals surface area contributed by atoms with Gasteiger partial charge in [0.1, 0.15) is 5.82 Å². The third-order valence-corrected chi connectivity index (χ3v) is 4.12. The molecule has 0 radical (unpaired) electrons. The third-order valence-electron chi connectivity index (χ3n) is 4.12. The van der Waals surface area contributed by atoms with Gasteiger partial charge < -0.3 is 9.88 Å². The Morgan fingerprint density at radius 1 is 1.45 bits per heavy atom. The molecule has 1 amide bonds. The van der Waals surface area contributed by atoms with Crippen molar-refractivity contribution >= 4 is 16.8 Å². The van der Waals surface area contributed by atoms with Crippen LogP contribution in [0.1, 0.15) is 37.8 Å². The molecule has 0 aliphatic carbocycles. The number of amides is 1. The van der Waals surface area contributed by atoms with Crippen LogP contribution in [0.5, 0.6) is 0 Å². The van der Waals surface area contributed by atoms with E-state index in [1.165, 1.54) is 6.07 Å². The zero-order valence-electron chi connectivity index (χ0n) is 11.7. The molecule has 1 fully saturated rings. The number of piperidine rings is 1. The highest BCUT2D eigenvalue weighted by atomic mass is 19.1. The van der Waals surface area contributed by atoms with Crippen molar-refractivity contribution in [3.8, 4) is 0 Å². The Morgan fingerprint density at radius 3 is 3.10 bits per heavy atom. The van der Waals surface area contributed by atoms with Gasteiger partial charge in [0.05, 0.1) is 0 Å². The normalized spacial score (nSPS) is 19.5. The number of likely N-dealkylation sites (tertiary alicyclic amines) is 1. The molecule has 1 saturated heterocycles. The summed E-state index contributed by atoms with van der Waals surface area (Å²) in [5, 5.41) is 0.902. The molecule has 20 heavy (non-hydrogen) atoms. The first-order valence-electron chi connectivity index (χ1n) is 7.23. The maximum absolute atomic E-state index is 13.2. The van der Waals surface area contributed by atoms with E-state index in [4.69, 9.17) is 0 Å². The zero-order chi connectivity index (χ0) is 14.1. The van der Waals surface area contributed by atoms with Gasteiger partial charge in [-0.1, -0.05) is 6.92 Å². The topological polar surface area (TPSA) is 36.1 Å². The number of nitrogens with zero attached hydrogens (tertiary/aromatic N) is 1. The van der Waals surface area contributed by atoms with Gasteiger partial charge in [-0.05, 0) is 37.1 Å². The lowest BCUT2D eigenvalue weighted by molar-refractivity contribution is -0.132. The van der Waals surface area contributed by atoms with Gasteiger partial charge in [0.2, 0.25) is 5.91 Å². The van der Waals surface area contributed by atoms with E-state index in [0.717, 1.165) is 42.5 Å². The molecule has 2 heterocycles. The minimum atomic E-state index is -0.213. The fraction of sp³-hybridized carbons (Fsp3) is 0.438. The first kappa shape index (κ1) is 13.2. The molecule has 3 rings (SSSR count). The Bertz CT molecular complexity index is 634. The highest BCUT2D eigenvalue weighted by molar-refractivity contribution is 5.80. The molecule has 3 nitrogen and oxygen atoms in total. The van der Waals surface area contributed by atoms with E-state index in [-0.39, 0.29) is 11.7 Å². The van der Waals surface area contributed by atoms with Crippen molar-refractivity contribution in [2.75, 3.05) is 13.1 Å². The summed E-state index contributed by atoms with van der Waals surface area (Å²) in [4.78, 5) is 17.1. The van der Waals surface area contributed by atoms with Gasteiger partial charge in [0.15, 0.2) is 0 Å². The number of halogens is 1. The summed E-state index contributed by atoms with van der Waals surface area (Å²) in [5.74, 6) is 0.334. The molecule has 1 atom stereocenters. The standard InChI is InChI=1S/C16H19FN2O/c1-2-16(20)19-7-3-4-11(10-19)15-9-12-8-13(17)5-6-14(12)18-15/h5-6,8-9,11,18H,2-4,7,10H2,1H3. The first-order chi connectivity index (χ1) is 9.67. The van der Waals surface area contributed by atoms with Crippen LogP contribution in [0.3, 0.4) is 0 Å². The maximum atomic E-state index is 13.2. The van der Waals surface area contributed by atoms with E-state index < -0.39 is 0 Å². The van der Waals surface area contributed by atoms with E-state index in [9.17, 15) is 9.18 Å². The molecular formula is C16H19FN2O. The minimum absolute atomic E-state index is 0.213. The van der Waals surface area contributed by atoms with E-state index in [2.05, 4.69) is 4.98 Å². The van der Waals surface area contributed by atoms with Gasteiger partial charge >= 0.3 is 0 Å². The molecule has 2 aromatic rings. The smallest absolute Gasteiger partial charge is 0.222 e. The Morgan fingerprint density at radius 2 is 2.30 bits per heavy atom. The molecule has 4 heteroatoms. The van der Waals surface area contributed by atoms with Crippen LogP contribution in [0.25, 0.3) is 10.9 Å². The molecule has 1 aromatic heterocycles. The predicted molar refractivity (Wildman–Crippen MR) is 77.1 cm³/mol. The molecule has 106 valence electrons. The number of carbonyl (C=O) groups excluding carboxylic acids is 1. The van der Waals surface area contributed by atoms with E-state index >= 15 is 0 Å². The number of aromatic amines is 1. The molecule has 1 aliphatic heterocycles. The number of rotatable bonds is 2. The SMILES string of the molecule is CCC(=O)N1CCCC(c2cc3cc(F)ccc3[nH]2)C1. The fourth-order valence-electron chi connectivity index (χ4n) is 3.03. The number of carbonyl (C=O) groups is 1. The monoisotopic (exact) mass is 274 g/mol. The lowest BCUT2D eigenvalue weighted by atomic mass is 9.94. The maximum Gasteiger partial charge on any atom is 0.222 e. The molecular weight excluding hydrogens is 255 g/mol. The Kier molecular flexibility index (Phi) is 3.47. The summed E-state index contributed by atoms with van der Waals surface area (Å²) < 4.78 is 13.2. The van der Waals surface area contributed by atoms with Crippen LogP contribution in [-0.2, 0) is 4.79 Å². The zero-order valence-corrected chi connectivity index (χ0v) is 11.7. The van der Waals surface area contributed by atoms with Gasteiger partial charge in [0, 0.05) is 42.0 Å². The average molecular weight is 274 g/mol. The van der Waals surface area contributed by atoms with Crippen LogP contribution >= 0.6 is 0 Å². The molecule has 0 saturated carbocycles. The summed E-state index contributed by atoms with van der Waals surface area (Å²) in [5.41, 5.74) is 2.07. The molecule has 1 N–H and O–H groups in total. The highest BCUT2D eigenvalue weighted by Crippen LogP contribution is 2.29. The molecule has 0 spiro atoms. The van der Waals surface area contributed by atoms with E-state index in [1.54, 1.807) is 12.1 Å². The van der Waals surface area contributed by atoms with Crippen LogP contribution in [0.2, 0.25) is 0 Å². The van der Waals surface area contributed by atoms with Crippen molar-refractivity contribution in [3.63, 3.8) is 0 Å². The number of hydrogen-bond acceptors (Lipinski definition) is 1. The number of benzene rings is 1. The van der Waals surface area contributed by atoms with Crippen LogP contribution in [0, 0.1) is 5.82 Å². The Labute approximate surface area is 117 Å². The lowest BCUT2D eigenvalue weighted by Crippen LogP contribution is -2.38. The summed E-state index contributed by atoms with van der Waals surface area (Å²) in [7, 11) is 0. The minimum Gasteiger partial charge on any atom is -0.358 e. The van der Waals surface area contributed by atoms with Crippen LogP contribution < -0.4 is 0 Å². The van der Waals surface area contributed by atoms with Crippen LogP contribution in [-0.4, -0.2) is 28.9 Å². The molecule has 1 unspecified atom stereocenters. The largest absolute Gasteiger partial charge is 0.358 e. The number of nitrogens with one attached hydrogen (secondary N) is 1. The van der Waals surface area contributed by atoms with Gasteiger partial charge in [-0.3, -0.25) is 4.79 Å². The molecule has 0 bridgehead atoms. The van der Waals surface area contributed by atoms with Crippen molar-refractivity contribution in [3.05, 3.63) is 35.8 Å². The van der Waals surface area contributed by atoms with Gasteiger partial charge in [0.25, 0.3) is 0 Å². The van der Waals surface area contributed by atoms with E-state index in [0.29, 0.717) is 12.3 Å². The van der Waals surface area contributed by atoms with Gasteiger partial charge in [-0.15, -0.1) is 0 Å². The summed E-state index contributed by atoms with van der Waals surface area (Å²) in [6.45, 7) is 3.53. The lowest BCUT2D eigenvalue weighted by Gasteiger charge is -2.32. The van der Waals surface area contributed by atoms with Crippen molar-refractivity contribution in [1.82, 2.24) is 9.88 Å². The van der Waals surface area contributed by atoms with Crippen molar-refractivity contribution in [2.45, 2.75) is 32.1 Å². The van der Waals surface area contributed by atoms with Crippen LogP contribution in [0.15, 0.2) is 24.3 Å². The Hall–Kier alpha value is -1.84. The second-order valence-electron chi connectivity index (χ2n) is 5.49. The molecule has 1 aromatic carbocycles. The predicted octanol–water partition coefficient (Wildman–Crippen LogP) is 3.42. The van der Waals surface area contributed by atoms with Crippen molar-refractivity contribution < 1.29 is 9.18 Å². The Balaban J connectivity index is 1.84. The van der Waals surface area contributed by atoms with Gasteiger partial charge in [-0.25, -0.2) is 4.39 Å². The quantitative estimate of drug-likeness (QED) is 0.895. The van der Waals surface area contributed by atoms with Gasteiger partial charge in [-0.2, -0.15) is 0 Å². The summed E-state index contributed by atoms with van der Waals surface area (Å²) in [6, 6.07) is 6.80. The van der Waals surface area contributed by atoms with Crippen molar-refractivity contribution in [2.24, 2.45) is 0 Å². The second-order valence-corrected chi connectivity index (χ2v) is 5.49. The molecule has 1 aliphatic rings. The summed E-state index contributed by atoms with van der Waals surface area (Å²) >= 11 is 0. The first-order valence-corrected chi connectivity index (χ1v) is 7.23. The second kappa shape index (κ2) is 5.27. The highest BCUT2D eigenvalue weighted by Gasteiger charge is 2.24. The van der Waals surface area contributed by atoms with Crippen molar-refractivity contribution in [1.29, 1.82) is 0 Å². The fourth-order valence-corrected chi connectivity index (χ4v) is 3.03. The number of H-pyrrole nitrogens is 1. The summed E-state index contributed by atoms with van der Waals surface area (Å²) in [6.07, 6.45) is 2.66. The van der Waals surface area contributed by atoms with Crippen LogP contribution in [0.4, 0.5) is 4.39 Å². The average Bonchev–Trinajstić information content (AvgIpc) is 2.89.